The number of hydrogen-bond acceptors (Lipinski definition) is 6. The van der Waals surface area contributed by atoms with Crippen molar-refractivity contribution in [1.82, 2.24) is 19.5 Å². The Balaban J connectivity index is 1.23. The molecule has 1 unspecified atom stereocenters. The zero-order valence-corrected chi connectivity index (χ0v) is 17.9. The maximum absolute atomic E-state index is 12.7. The van der Waals surface area contributed by atoms with Crippen LogP contribution < -0.4 is 10.2 Å². The van der Waals surface area contributed by atoms with Gasteiger partial charge in [0.25, 0.3) is 0 Å². The minimum absolute atomic E-state index is 0.0591. The van der Waals surface area contributed by atoms with Crippen LogP contribution in [0, 0.1) is 5.92 Å². The lowest BCUT2D eigenvalue weighted by Gasteiger charge is -2.34. The van der Waals surface area contributed by atoms with Crippen LogP contribution in [0.15, 0.2) is 24.4 Å². The second kappa shape index (κ2) is 8.89. The third kappa shape index (κ3) is 4.75. The van der Waals surface area contributed by atoms with Gasteiger partial charge in [-0.15, -0.1) is 0 Å². The van der Waals surface area contributed by atoms with Crippen molar-refractivity contribution in [2.75, 3.05) is 49.9 Å². The van der Waals surface area contributed by atoms with Crippen LogP contribution in [0.3, 0.4) is 0 Å². The summed E-state index contributed by atoms with van der Waals surface area (Å²) in [6, 6.07) is 5.23. The van der Waals surface area contributed by atoms with Crippen LogP contribution in [0.25, 0.3) is 0 Å². The normalized spacial score (nSPS) is 22.9. The lowest BCUT2D eigenvalue weighted by Crippen LogP contribution is -2.51. The Bertz CT molecular complexity index is 866. The summed E-state index contributed by atoms with van der Waals surface area (Å²) in [6.07, 6.45) is 5.01. The number of pyridine rings is 1. The molecule has 30 heavy (non-hydrogen) atoms. The molecule has 3 heterocycles. The molecule has 1 atom stereocenters. The summed E-state index contributed by atoms with van der Waals surface area (Å²) in [5, 5.41) is 2.74. The number of sulfonamides is 1. The van der Waals surface area contributed by atoms with Crippen molar-refractivity contribution in [2.45, 2.75) is 31.7 Å². The van der Waals surface area contributed by atoms with Gasteiger partial charge in [0.2, 0.25) is 21.8 Å². The summed E-state index contributed by atoms with van der Waals surface area (Å²) in [4.78, 5) is 32.9. The number of rotatable bonds is 7. The molecule has 4 rings (SSSR count). The molecule has 0 aromatic carbocycles. The molecular formula is C20H29N5O4S. The fourth-order valence-corrected chi connectivity index (χ4v) is 5.49. The van der Waals surface area contributed by atoms with Gasteiger partial charge in [-0.05, 0) is 37.8 Å². The van der Waals surface area contributed by atoms with E-state index in [1.807, 2.05) is 18.2 Å². The second-order valence-corrected chi connectivity index (χ2v) is 10.2. The molecule has 1 aromatic rings. The molecule has 2 amide bonds. The summed E-state index contributed by atoms with van der Waals surface area (Å²) in [7, 11) is -3.45. The summed E-state index contributed by atoms with van der Waals surface area (Å²) in [5.74, 6) is 0.640. The predicted molar refractivity (Wildman–Crippen MR) is 112 cm³/mol. The highest BCUT2D eigenvalue weighted by Gasteiger charge is 2.40. The van der Waals surface area contributed by atoms with E-state index < -0.39 is 16.1 Å². The third-order valence-electron chi connectivity index (χ3n) is 6.03. The van der Waals surface area contributed by atoms with Gasteiger partial charge >= 0.3 is 0 Å². The van der Waals surface area contributed by atoms with Crippen molar-refractivity contribution >= 4 is 27.7 Å². The van der Waals surface area contributed by atoms with E-state index in [-0.39, 0.29) is 30.0 Å². The van der Waals surface area contributed by atoms with Crippen LogP contribution in [0.5, 0.6) is 0 Å². The molecule has 164 valence electrons. The smallest absolute Gasteiger partial charge is 0.242 e. The molecule has 0 radical (unpaired) electrons. The average molecular weight is 436 g/mol. The van der Waals surface area contributed by atoms with Crippen molar-refractivity contribution in [3.05, 3.63) is 24.4 Å². The fraction of sp³-hybridized carbons (Fsp3) is 0.650. The van der Waals surface area contributed by atoms with Crippen LogP contribution in [0.1, 0.15) is 25.7 Å². The first kappa shape index (κ1) is 21.0. The van der Waals surface area contributed by atoms with Crippen molar-refractivity contribution in [3.63, 3.8) is 0 Å². The van der Waals surface area contributed by atoms with E-state index in [4.69, 9.17) is 0 Å². The fourth-order valence-electron chi connectivity index (χ4n) is 4.15. The van der Waals surface area contributed by atoms with Gasteiger partial charge in [-0.2, -0.15) is 4.31 Å². The third-order valence-corrected chi connectivity index (χ3v) is 7.90. The molecule has 0 bridgehead atoms. The number of carbonyl (C=O) groups excluding carboxylic acids is 2. The predicted octanol–water partition coefficient (Wildman–Crippen LogP) is 0.0506. The van der Waals surface area contributed by atoms with E-state index in [1.165, 1.54) is 4.31 Å². The zero-order valence-electron chi connectivity index (χ0n) is 17.1. The topological polar surface area (TPSA) is 103 Å². The van der Waals surface area contributed by atoms with E-state index in [2.05, 4.69) is 15.2 Å². The first-order valence-corrected chi connectivity index (χ1v) is 12.3. The largest absolute Gasteiger partial charge is 0.354 e. The molecule has 10 heteroatoms. The van der Waals surface area contributed by atoms with Gasteiger partial charge in [0.15, 0.2) is 0 Å². The Morgan fingerprint density at radius 1 is 1.07 bits per heavy atom. The van der Waals surface area contributed by atoms with Gasteiger partial charge in [-0.1, -0.05) is 6.07 Å². The van der Waals surface area contributed by atoms with E-state index in [0.29, 0.717) is 39.1 Å². The van der Waals surface area contributed by atoms with Crippen LogP contribution in [0.2, 0.25) is 0 Å². The summed E-state index contributed by atoms with van der Waals surface area (Å²) in [5.41, 5.74) is 0. The van der Waals surface area contributed by atoms with Crippen LogP contribution >= 0.6 is 0 Å². The van der Waals surface area contributed by atoms with E-state index >= 15 is 0 Å². The maximum Gasteiger partial charge on any atom is 0.242 e. The first-order chi connectivity index (χ1) is 14.5. The number of aromatic nitrogens is 1. The van der Waals surface area contributed by atoms with E-state index in [9.17, 15) is 18.0 Å². The van der Waals surface area contributed by atoms with Crippen molar-refractivity contribution in [3.8, 4) is 0 Å². The van der Waals surface area contributed by atoms with E-state index in [1.54, 1.807) is 11.1 Å². The van der Waals surface area contributed by atoms with Crippen LogP contribution in [-0.2, 0) is 19.6 Å². The Labute approximate surface area is 177 Å². The molecule has 1 aliphatic carbocycles. The molecule has 0 spiro atoms. The Morgan fingerprint density at radius 3 is 2.50 bits per heavy atom. The summed E-state index contributed by atoms with van der Waals surface area (Å²) in [6.45, 7) is 2.65. The van der Waals surface area contributed by atoms with Gasteiger partial charge in [-0.3, -0.25) is 9.59 Å². The molecule has 2 aliphatic heterocycles. The minimum Gasteiger partial charge on any atom is -0.354 e. The first-order valence-electron chi connectivity index (χ1n) is 10.7. The van der Waals surface area contributed by atoms with Gasteiger partial charge in [0.05, 0.1) is 5.75 Å². The minimum atomic E-state index is -3.45. The molecule has 3 aliphatic rings. The SMILES string of the molecule is O=C(NCCS(=O)(=O)N1CCN(c2ccccn2)CC1)C1CCCN1C(=O)C1CC1. The van der Waals surface area contributed by atoms with Crippen LogP contribution in [0.4, 0.5) is 5.82 Å². The van der Waals surface area contributed by atoms with Gasteiger partial charge < -0.3 is 15.1 Å². The quantitative estimate of drug-likeness (QED) is 0.649. The number of carbonyl (C=O) groups is 2. The number of nitrogens with one attached hydrogen (secondary N) is 1. The Kier molecular flexibility index (Phi) is 6.24. The van der Waals surface area contributed by atoms with Gasteiger partial charge in [-0.25, -0.2) is 13.4 Å². The molecular weight excluding hydrogens is 406 g/mol. The Hall–Kier alpha value is -2.20. The molecule has 1 N–H and O–H groups in total. The number of anilines is 1. The monoisotopic (exact) mass is 435 g/mol. The standard InChI is InChI=1S/C20H29N5O4S/c26-19(17-4-3-10-25(17)20(27)16-6-7-16)22-9-15-30(28,29)24-13-11-23(12-14-24)18-5-1-2-8-21-18/h1-2,5,8,16-17H,3-4,6-7,9-15H2,(H,22,26). The van der Waals surface area contributed by atoms with Crippen molar-refractivity contribution < 1.29 is 18.0 Å². The lowest BCUT2D eigenvalue weighted by atomic mass is 10.2. The highest BCUT2D eigenvalue weighted by atomic mass is 32.2. The highest BCUT2D eigenvalue weighted by molar-refractivity contribution is 7.89. The zero-order chi connectivity index (χ0) is 21.1. The summed E-state index contributed by atoms with van der Waals surface area (Å²) >= 11 is 0. The van der Waals surface area contributed by atoms with Crippen molar-refractivity contribution in [1.29, 1.82) is 0 Å². The number of piperazine rings is 1. The molecule has 3 fully saturated rings. The second-order valence-electron chi connectivity index (χ2n) is 8.15. The number of amides is 2. The van der Waals surface area contributed by atoms with Crippen LogP contribution in [-0.4, -0.2) is 85.5 Å². The van der Waals surface area contributed by atoms with Crippen molar-refractivity contribution in [2.24, 2.45) is 5.92 Å². The molecule has 1 aromatic heterocycles. The average Bonchev–Trinajstić information content (AvgIpc) is 3.50. The van der Waals surface area contributed by atoms with Gasteiger partial charge in [0, 0.05) is 51.4 Å². The lowest BCUT2D eigenvalue weighted by molar-refractivity contribution is -0.139. The molecule has 9 nitrogen and oxygen atoms in total. The number of likely N-dealkylation sites (tertiary alicyclic amines) is 1. The number of nitrogens with zero attached hydrogens (tertiary/aromatic N) is 4. The maximum atomic E-state index is 12.7. The molecule has 2 saturated heterocycles. The Morgan fingerprint density at radius 2 is 1.83 bits per heavy atom. The summed E-state index contributed by atoms with van der Waals surface area (Å²) < 4.78 is 26.8. The van der Waals surface area contributed by atoms with Gasteiger partial charge in [0.1, 0.15) is 11.9 Å². The highest BCUT2D eigenvalue weighted by Crippen LogP contribution is 2.33. The molecule has 1 saturated carbocycles. The number of hydrogen-bond donors (Lipinski definition) is 1. The van der Waals surface area contributed by atoms with E-state index in [0.717, 1.165) is 25.1 Å².